The summed E-state index contributed by atoms with van der Waals surface area (Å²) in [7, 11) is 5.96. The first-order valence-corrected chi connectivity index (χ1v) is 9.10. The molecule has 5 nitrogen and oxygen atoms in total. The van der Waals surface area contributed by atoms with Gasteiger partial charge >= 0.3 is 5.97 Å². The van der Waals surface area contributed by atoms with Crippen molar-refractivity contribution in [3.8, 4) is 0 Å². The number of esters is 1. The average molecular weight is 412 g/mol. The highest BCUT2D eigenvalue weighted by atomic mass is 79.9. The van der Waals surface area contributed by atoms with Crippen molar-refractivity contribution >= 4 is 5.97 Å². The highest BCUT2D eigenvalue weighted by Crippen LogP contribution is 2.10. The lowest BCUT2D eigenvalue weighted by molar-refractivity contribution is -0.873. The molecule has 0 aromatic rings. The van der Waals surface area contributed by atoms with E-state index in [4.69, 9.17) is 9.84 Å². The van der Waals surface area contributed by atoms with Gasteiger partial charge in [-0.3, -0.25) is 4.79 Å². The number of quaternary nitrogens is 1. The number of carbonyl (C=O) groups is 1. The van der Waals surface area contributed by atoms with Gasteiger partial charge in [-0.1, -0.05) is 44.9 Å². The Bertz CT molecular complexity index is 295. The van der Waals surface area contributed by atoms with Gasteiger partial charge < -0.3 is 36.4 Å². The lowest BCUT2D eigenvalue weighted by atomic mass is 10.1. The van der Waals surface area contributed by atoms with Crippen LogP contribution in [0.5, 0.6) is 0 Å². The third-order valence-corrected chi connectivity index (χ3v) is 3.73. The summed E-state index contributed by atoms with van der Waals surface area (Å²) < 4.78 is 5.80. The Hall–Kier alpha value is -0.170. The average Bonchev–Trinajstić information content (AvgIpc) is 2.42. The van der Waals surface area contributed by atoms with E-state index in [2.05, 4.69) is 0 Å². The fraction of sp³-hybridized carbons (Fsp3) is 0.944. The van der Waals surface area contributed by atoms with E-state index in [1.165, 1.54) is 32.1 Å². The second-order valence-electron chi connectivity index (χ2n) is 7.46. The first-order valence-electron chi connectivity index (χ1n) is 9.10. The number of hydrogen-bond acceptors (Lipinski definition) is 4. The zero-order valence-electron chi connectivity index (χ0n) is 15.8. The number of aliphatic hydroxyl groups is 2. The van der Waals surface area contributed by atoms with E-state index >= 15 is 0 Å². The van der Waals surface area contributed by atoms with Gasteiger partial charge in [-0.2, -0.15) is 0 Å². The van der Waals surface area contributed by atoms with Crippen molar-refractivity contribution in [3.63, 3.8) is 0 Å². The van der Waals surface area contributed by atoms with Crippen LogP contribution in [0, 0.1) is 0 Å². The molecule has 0 saturated carbocycles. The van der Waals surface area contributed by atoms with Gasteiger partial charge in [0.1, 0.15) is 12.6 Å². The summed E-state index contributed by atoms with van der Waals surface area (Å²) in [6.07, 6.45) is 9.64. The summed E-state index contributed by atoms with van der Waals surface area (Å²) in [4.78, 5) is 11.6. The van der Waals surface area contributed by atoms with Crippen LogP contribution < -0.4 is 17.0 Å². The predicted octanol–water partition coefficient (Wildman–Crippen LogP) is -0.506. The fourth-order valence-corrected chi connectivity index (χ4v) is 2.59. The second-order valence-corrected chi connectivity index (χ2v) is 7.46. The van der Waals surface area contributed by atoms with Gasteiger partial charge in [0.05, 0.1) is 34.2 Å². The minimum absolute atomic E-state index is 0. The Labute approximate surface area is 158 Å². The van der Waals surface area contributed by atoms with Crippen LogP contribution in [0.1, 0.15) is 64.2 Å². The summed E-state index contributed by atoms with van der Waals surface area (Å²) in [5.74, 6) is -0.296. The molecule has 146 valence electrons. The first kappa shape index (κ1) is 26.1. The van der Waals surface area contributed by atoms with Crippen LogP contribution in [0.2, 0.25) is 0 Å². The van der Waals surface area contributed by atoms with E-state index in [9.17, 15) is 9.90 Å². The molecule has 0 rings (SSSR count). The molecule has 0 amide bonds. The van der Waals surface area contributed by atoms with E-state index in [1.807, 2.05) is 21.1 Å². The molecule has 0 fully saturated rings. The summed E-state index contributed by atoms with van der Waals surface area (Å²) in [6.45, 7) is 1.32. The van der Waals surface area contributed by atoms with E-state index < -0.39 is 6.10 Å². The van der Waals surface area contributed by atoms with Crippen molar-refractivity contribution in [2.24, 2.45) is 0 Å². The number of ether oxygens (including phenoxy) is 1. The van der Waals surface area contributed by atoms with Crippen LogP contribution in [0.4, 0.5) is 0 Å². The number of hydrogen-bond donors (Lipinski definition) is 2. The number of carbonyl (C=O) groups excluding carboxylic acids is 1. The number of rotatable bonds is 15. The maximum atomic E-state index is 11.6. The third kappa shape index (κ3) is 19.9. The minimum Gasteiger partial charge on any atom is -1.00 e. The quantitative estimate of drug-likeness (QED) is 0.216. The van der Waals surface area contributed by atoms with Crippen molar-refractivity contribution in [2.45, 2.75) is 70.3 Å². The van der Waals surface area contributed by atoms with E-state index in [1.54, 1.807) is 0 Å². The molecule has 0 aliphatic carbocycles. The van der Waals surface area contributed by atoms with E-state index in [0.29, 0.717) is 24.2 Å². The van der Waals surface area contributed by atoms with Gasteiger partial charge in [-0.15, -0.1) is 0 Å². The normalized spacial score (nSPS) is 12.5. The Kier molecular flexibility index (Phi) is 17.7. The number of halogens is 1. The Balaban J connectivity index is 0. The highest BCUT2D eigenvalue weighted by Gasteiger charge is 2.19. The molecular formula is C18H38BrNO4. The molecule has 0 aliphatic rings. The monoisotopic (exact) mass is 411 g/mol. The SMILES string of the molecule is C[N+](C)(C)CC(O)CC(=O)OCCCCCCCCCCCO.[Br-]. The first-order chi connectivity index (χ1) is 10.8. The van der Waals surface area contributed by atoms with Gasteiger partial charge in [0.15, 0.2) is 0 Å². The van der Waals surface area contributed by atoms with Gasteiger partial charge in [0, 0.05) is 6.61 Å². The number of likely N-dealkylation sites (N-methyl/N-ethyl adjacent to an activating group) is 1. The molecule has 0 spiro atoms. The molecule has 2 N–H and O–H groups in total. The Morgan fingerprint density at radius 3 is 1.83 bits per heavy atom. The number of unbranched alkanes of at least 4 members (excludes halogenated alkanes) is 8. The smallest absolute Gasteiger partial charge is 0.308 e. The van der Waals surface area contributed by atoms with Crippen LogP contribution in [-0.2, 0) is 9.53 Å². The molecule has 0 radical (unpaired) electrons. The standard InChI is InChI=1S/C18H38NO4.BrH/c1-19(2,3)16-17(21)15-18(22)23-14-12-10-8-6-4-5-7-9-11-13-20;/h17,20-21H,4-16H2,1-3H3;1H/q+1;/p-1. The number of nitrogens with zero attached hydrogens (tertiary/aromatic N) is 1. The van der Waals surface area contributed by atoms with Gasteiger partial charge in [-0.05, 0) is 12.8 Å². The van der Waals surface area contributed by atoms with Crippen LogP contribution in [-0.4, -0.2) is 67.7 Å². The molecule has 24 heavy (non-hydrogen) atoms. The Morgan fingerprint density at radius 1 is 0.917 bits per heavy atom. The largest absolute Gasteiger partial charge is 1.00 e. The van der Waals surface area contributed by atoms with Crippen molar-refractivity contribution in [2.75, 3.05) is 40.9 Å². The summed E-state index contributed by atoms with van der Waals surface area (Å²) in [5, 5.41) is 18.5. The maximum Gasteiger partial charge on any atom is 0.308 e. The summed E-state index contributed by atoms with van der Waals surface area (Å²) in [6, 6.07) is 0. The van der Waals surface area contributed by atoms with Crippen molar-refractivity contribution in [1.82, 2.24) is 0 Å². The van der Waals surface area contributed by atoms with Crippen molar-refractivity contribution in [3.05, 3.63) is 0 Å². The van der Waals surface area contributed by atoms with E-state index in [-0.39, 0.29) is 29.4 Å². The molecule has 0 aromatic heterocycles. The minimum atomic E-state index is -0.631. The van der Waals surface area contributed by atoms with Crippen LogP contribution in [0.3, 0.4) is 0 Å². The molecule has 0 bridgehead atoms. The lowest BCUT2D eigenvalue weighted by Crippen LogP contribution is -3.00. The fourth-order valence-electron chi connectivity index (χ4n) is 2.59. The maximum absolute atomic E-state index is 11.6. The van der Waals surface area contributed by atoms with Gasteiger partial charge in [0.25, 0.3) is 0 Å². The van der Waals surface area contributed by atoms with Gasteiger partial charge in [0.2, 0.25) is 0 Å². The summed E-state index contributed by atoms with van der Waals surface area (Å²) in [5.41, 5.74) is 0. The van der Waals surface area contributed by atoms with E-state index in [0.717, 1.165) is 25.7 Å². The highest BCUT2D eigenvalue weighted by molar-refractivity contribution is 5.69. The third-order valence-electron chi connectivity index (χ3n) is 3.73. The van der Waals surface area contributed by atoms with Crippen molar-refractivity contribution in [1.29, 1.82) is 0 Å². The predicted molar refractivity (Wildman–Crippen MR) is 93.1 cm³/mol. The molecule has 0 heterocycles. The number of aliphatic hydroxyl groups excluding tert-OH is 2. The molecule has 0 aliphatic heterocycles. The molecule has 6 heteroatoms. The van der Waals surface area contributed by atoms with Crippen LogP contribution in [0.25, 0.3) is 0 Å². The lowest BCUT2D eigenvalue weighted by Gasteiger charge is -2.26. The molecule has 0 aromatic carbocycles. The zero-order valence-corrected chi connectivity index (χ0v) is 17.4. The molecular weight excluding hydrogens is 374 g/mol. The zero-order chi connectivity index (χ0) is 17.6. The Morgan fingerprint density at radius 2 is 1.38 bits per heavy atom. The second kappa shape index (κ2) is 16.3. The van der Waals surface area contributed by atoms with Gasteiger partial charge in [-0.25, -0.2) is 0 Å². The van der Waals surface area contributed by atoms with Crippen LogP contribution >= 0.6 is 0 Å². The van der Waals surface area contributed by atoms with Crippen molar-refractivity contribution < 1.29 is 41.2 Å². The summed E-state index contributed by atoms with van der Waals surface area (Å²) >= 11 is 0. The van der Waals surface area contributed by atoms with Crippen LogP contribution in [0.15, 0.2) is 0 Å². The molecule has 1 unspecified atom stereocenters. The molecule has 1 atom stereocenters. The topological polar surface area (TPSA) is 66.8 Å². The molecule has 0 saturated heterocycles.